The highest BCUT2D eigenvalue weighted by Gasteiger charge is 2.22. The molecule has 1 aliphatic rings. The van der Waals surface area contributed by atoms with Gasteiger partial charge in [-0.3, -0.25) is 9.69 Å². The molecule has 122 valence electrons. The number of nitrogens with one attached hydrogen (secondary N) is 1. The molecule has 1 atom stereocenters. The number of piperazine rings is 1. The van der Waals surface area contributed by atoms with E-state index < -0.39 is 0 Å². The van der Waals surface area contributed by atoms with E-state index in [1.54, 1.807) is 7.11 Å². The van der Waals surface area contributed by atoms with Crippen molar-refractivity contribution in [2.24, 2.45) is 0 Å². The van der Waals surface area contributed by atoms with Crippen molar-refractivity contribution >= 4 is 5.91 Å². The van der Waals surface area contributed by atoms with Crippen LogP contribution in [0.25, 0.3) is 0 Å². The van der Waals surface area contributed by atoms with Gasteiger partial charge in [-0.15, -0.1) is 0 Å². The van der Waals surface area contributed by atoms with E-state index in [-0.39, 0.29) is 5.91 Å². The maximum Gasteiger partial charge on any atom is 0.234 e. The highest BCUT2D eigenvalue weighted by molar-refractivity contribution is 5.78. The highest BCUT2D eigenvalue weighted by Crippen LogP contribution is 2.12. The molecule has 1 aromatic rings. The minimum atomic E-state index is 0.110. The average Bonchev–Trinajstić information content (AvgIpc) is 2.50. The first-order valence-corrected chi connectivity index (χ1v) is 7.90. The molecule has 0 spiro atoms. The lowest BCUT2D eigenvalue weighted by atomic mass is 10.1. The Morgan fingerprint density at radius 2 is 2.23 bits per heavy atom. The Bertz CT molecular complexity index is 493. The molecular formula is C17H27N3O2. The van der Waals surface area contributed by atoms with Crippen LogP contribution in [0.5, 0.6) is 5.75 Å². The molecule has 1 fully saturated rings. The van der Waals surface area contributed by atoms with E-state index in [9.17, 15) is 4.79 Å². The lowest BCUT2D eigenvalue weighted by Gasteiger charge is -2.37. The van der Waals surface area contributed by atoms with Crippen molar-refractivity contribution in [3.63, 3.8) is 0 Å². The smallest absolute Gasteiger partial charge is 0.234 e. The van der Waals surface area contributed by atoms with Gasteiger partial charge in [0.05, 0.1) is 13.7 Å². The van der Waals surface area contributed by atoms with Crippen molar-refractivity contribution in [3.05, 3.63) is 29.8 Å². The number of hydrogen-bond acceptors (Lipinski definition) is 4. The molecule has 1 heterocycles. The summed E-state index contributed by atoms with van der Waals surface area (Å²) in [6, 6.07) is 8.40. The second kappa shape index (κ2) is 8.15. The van der Waals surface area contributed by atoms with Crippen molar-refractivity contribution in [2.75, 3.05) is 46.9 Å². The first kappa shape index (κ1) is 16.8. The molecule has 0 saturated carbocycles. The third-order valence-electron chi connectivity index (χ3n) is 4.18. The molecule has 1 saturated heterocycles. The molecule has 1 N–H and O–H groups in total. The Balaban J connectivity index is 1.71. The first-order chi connectivity index (χ1) is 10.6. The topological polar surface area (TPSA) is 44.8 Å². The summed E-state index contributed by atoms with van der Waals surface area (Å²) < 4.78 is 5.21. The monoisotopic (exact) mass is 305 g/mol. The molecule has 5 heteroatoms. The summed E-state index contributed by atoms with van der Waals surface area (Å²) in [5, 5.41) is 3.01. The third-order valence-corrected chi connectivity index (χ3v) is 4.18. The van der Waals surface area contributed by atoms with Gasteiger partial charge in [-0.05, 0) is 38.1 Å². The van der Waals surface area contributed by atoms with Gasteiger partial charge < -0.3 is 15.0 Å². The van der Waals surface area contributed by atoms with E-state index >= 15 is 0 Å². The number of carbonyl (C=O) groups excluding carboxylic acids is 1. The number of carbonyl (C=O) groups is 1. The fourth-order valence-electron chi connectivity index (χ4n) is 2.83. The van der Waals surface area contributed by atoms with Gasteiger partial charge in [-0.2, -0.15) is 0 Å². The van der Waals surface area contributed by atoms with Gasteiger partial charge in [0, 0.05) is 32.2 Å². The SMILES string of the molecule is COc1cccc(CCNC(=O)CN2CCN(C)C[C@H]2C)c1. The summed E-state index contributed by atoms with van der Waals surface area (Å²) in [5.41, 5.74) is 1.17. The van der Waals surface area contributed by atoms with Crippen LogP contribution >= 0.6 is 0 Å². The lowest BCUT2D eigenvalue weighted by Crippen LogP contribution is -2.53. The van der Waals surface area contributed by atoms with Gasteiger partial charge in [0.25, 0.3) is 0 Å². The maximum atomic E-state index is 12.1. The van der Waals surface area contributed by atoms with Gasteiger partial charge in [-0.1, -0.05) is 12.1 Å². The van der Waals surface area contributed by atoms with Gasteiger partial charge >= 0.3 is 0 Å². The molecule has 1 aromatic carbocycles. The zero-order valence-corrected chi connectivity index (χ0v) is 13.8. The average molecular weight is 305 g/mol. The quantitative estimate of drug-likeness (QED) is 0.851. The summed E-state index contributed by atoms with van der Waals surface area (Å²) in [6.07, 6.45) is 0.821. The highest BCUT2D eigenvalue weighted by atomic mass is 16.5. The summed E-state index contributed by atoms with van der Waals surface area (Å²) in [5.74, 6) is 0.967. The van der Waals surface area contributed by atoms with Crippen LogP contribution in [0.2, 0.25) is 0 Å². The maximum absolute atomic E-state index is 12.1. The number of nitrogens with zero attached hydrogens (tertiary/aromatic N) is 2. The summed E-state index contributed by atoms with van der Waals surface area (Å²) in [6.45, 7) is 6.35. The van der Waals surface area contributed by atoms with Crippen LogP contribution in [0.15, 0.2) is 24.3 Å². The number of hydrogen-bond donors (Lipinski definition) is 1. The fourth-order valence-corrected chi connectivity index (χ4v) is 2.83. The van der Waals surface area contributed by atoms with E-state index in [2.05, 4.69) is 35.2 Å². The molecular weight excluding hydrogens is 278 g/mol. The van der Waals surface area contributed by atoms with Crippen molar-refractivity contribution in [2.45, 2.75) is 19.4 Å². The van der Waals surface area contributed by atoms with Crippen molar-refractivity contribution in [1.29, 1.82) is 0 Å². The second-order valence-electron chi connectivity index (χ2n) is 6.03. The first-order valence-electron chi connectivity index (χ1n) is 7.90. The molecule has 0 aromatic heterocycles. The molecule has 0 bridgehead atoms. The summed E-state index contributed by atoms with van der Waals surface area (Å²) in [7, 11) is 3.79. The Kier molecular flexibility index (Phi) is 6.21. The van der Waals surface area contributed by atoms with Crippen molar-refractivity contribution < 1.29 is 9.53 Å². The zero-order chi connectivity index (χ0) is 15.9. The second-order valence-corrected chi connectivity index (χ2v) is 6.03. The van der Waals surface area contributed by atoms with Gasteiger partial charge in [-0.25, -0.2) is 0 Å². The van der Waals surface area contributed by atoms with E-state index in [4.69, 9.17) is 4.74 Å². The summed E-state index contributed by atoms with van der Waals surface area (Å²) >= 11 is 0. The van der Waals surface area contributed by atoms with Crippen LogP contribution in [-0.4, -0.2) is 68.6 Å². The number of amides is 1. The van der Waals surface area contributed by atoms with Crippen LogP contribution in [0, 0.1) is 0 Å². The lowest BCUT2D eigenvalue weighted by molar-refractivity contribution is -0.123. The van der Waals surface area contributed by atoms with Crippen LogP contribution in [-0.2, 0) is 11.2 Å². The van der Waals surface area contributed by atoms with Crippen molar-refractivity contribution in [3.8, 4) is 5.75 Å². The van der Waals surface area contributed by atoms with E-state index in [0.717, 1.165) is 31.8 Å². The number of benzene rings is 1. The predicted octanol–water partition coefficient (Wildman–Crippen LogP) is 0.990. The number of rotatable bonds is 6. The molecule has 0 radical (unpaired) electrons. The van der Waals surface area contributed by atoms with Crippen LogP contribution in [0.4, 0.5) is 0 Å². The van der Waals surface area contributed by atoms with E-state index in [1.165, 1.54) is 5.56 Å². The van der Waals surface area contributed by atoms with Crippen LogP contribution < -0.4 is 10.1 Å². The normalized spacial score (nSPS) is 19.9. The molecule has 1 aliphatic heterocycles. The molecule has 22 heavy (non-hydrogen) atoms. The number of likely N-dealkylation sites (N-methyl/N-ethyl adjacent to an activating group) is 1. The Hall–Kier alpha value is -1.59. The Morgan fingerprint density at radius 1 is 1.41 bits per heavy atom. The summed E-state index contributed by atoms with van der Waals surface area (Å²) in [4.78, 5) is 16.6. The molecule has 5 nitrogen and oxygen atoms in total. The minimum Gasteiger partial charge on any atom is -0.497 e. The Labute approximate surface area is 133 Å². The zero-order valence-electron chi connectivity index (χ0n) is 13.8. The van der Waals surface area contributed by atoms with E-state index in [1.807, 2.05) is 18.2 Å². The number of methoxy groups -OCH3 is 1. The molecule has 0 aliphatic carbocycles. The van der Waals surface area contributed by atoms with Crippen LogP contribution in [0.1, 0.15) is 12.5 Å². The number of ether oxygens (including phenoxy) is 1. The van der Waals surface area contributed by atoms with Crippen molar-refractivity contribution in [1.82, 2.24) is 15.1 Å². The fraction of sp³-hybridized carbons (Fsp3) is 0.588. The Morgan fingerprint density at radius 3 is 2.95 bits per heavy atom. The largest absolute Gasteiger partial charge is 0.497 e. The predicted molar refractivity (Wildman–Crippen MR) is 88.2 cm³/mol. The van der Waals surface area contributed by atoms with Gasteiger partial charge in [0.15, 0.2) is 0 Å². The van der Waals surface area contributed by atoms with Gasteiger partial charge in [0.2, 0.25) is 5.91 Å². The standard InChI is InChI=1S/C17H27N3O2/c1-14-12-19(2)9-10-20(14)13-17(21)18-8-7-15-5-4-6-16(11-15)22-3/h4-6,11,14H,7-10,12-13H2,1-3H3,(H,18,21)/t14-/m1/s1. The van der Waals surface area contributed by atoms with Crippen LogP contribution in [0.3, 0.4) is 0 Å². The molecule has 1 amide bonds. The molecule has 0 unspecified atom stereocenters. The van der Waals surface area contributed by atoms with E-state index in [0.29, 0.717) is 19.1 Å². The van der Waals surface area contributed by atoms with Gasteiger partial charge in [0.1, 0.15) is 5.75 Å². The minimum absolute atomic E-state index is 0.110. The third kappa shape index (κ3) is 5.00. The molecule has 2 rings (SSSR count).